The van der Waals surface area contributed by atoms with Crippen LogP contribution in [0.3, 0.4) is 0 Å². The van der Waals surface area contributed by atoms with Crippen molar-refractivity contribution >= 4 is 60.8 Å². The van der Waals surface area contributed by atoms with Crippen LogP contribution in [-0.2, 0) is 0 Å². The van der Waals surface area contributed by atoms with E-state index in [1.165, 1.54) is 55.2 Å². The summed E-state index contributed by atoms with van der Waals surface area (Å²) < 4.78 is 8.77. The van der Waals surface area contributed by atoms with Crippen LogP contribution in [0.5, 0.6) is 0 Å². The van der Waals surface area contributed by atoms with Gasteiger partial charge in [0.25, 0.3) is 0 Å². The van der Waals surface area contributed by atoms with Crippen molar-refractivity contribution in [3.63, 3.8) is 0 Å². The van der Waals surface area contributed by atoms with E-state index < -0.39 is 0 Å². The van der Waals surface area contributed by atoms with E-state index in [1.54, 1.807) is 0 Å². The van der Waals surface area contributed by atoms with Crippen molar-refractivity contribution in [2.45, 2.75) is 0 Å². The molecule has 11 aromatic carbocycles. The lowest BCUT2D eigenvalue weighted by molar-refractivity contribution is 0.669. The molecule has 0 aliphatic carbocycles. The molecule has 0 aliphatic heterocycles. The quantitative estimate of drug-likeness (QED) is 0.144. The lowest BCUT2D eigenvalue weighted by atomic mass is 9.96. The van der Waals surface area contributed by atoms with Crippen LogP contribution < -0.4 is 4.90 Å². The number of hydrogen-bond acceptors (Lipinski definition) is 2. The fourth-order valence-electron chi connectivity index (χ4n) is 10.3. The van der Waals surface area contributed by atoms with Gasteiger partial charge in [-0.3, -0.25) is 0 Å². The van der Waals surface area contributed by atoms with Gasteiger partial charge in [0, 0.05) is 44.2 Å². The summed E-state index contributed by atoms with van der Waals surface area (Å²) in [4.78, 5) is 2.38. The largest absolute Gasteiger partial charge is 0.456 e. The standard InChI is InChI=1S/C66H44N2O/c1-2-14-45(15-3-1)46-28-30-47(31-29-46)49-36-40-53(41-37-49)67(61-23-8-6-20-58(61)59-22-13-27-65-66(59)60-21-7-11-26-64(60)69-65)54-42-38-50(39-43-54)48-32-34-51(35-33-48)52-16-12-17-55(44-52)68-62-24-9-4-18-56(62)57-19-5-10-25-63(57)68/h1-44H. The summed E-state index contributed by atoms with van der Waals surface area (Å²) in [5.74, 6) is 0. The Bertz CT molecular complexity index is 3920. The Labute approximate surface area is 401 Å². The van der Waals surface area contributed by atoms with Crippen LogP contribution in [0.4, 0.5) is 17.1 Å². The van der Waals surface area contributed by atoms with E-state index in [2.05, 4.69) is 270 Å². The van der Waals surface area contributed by atoms with E-state index in [4.69, 9.17) is 4.42 Å². The first-order chi connectivity index (χ1) is 34.2. The maximum atomic E-state index is 6.39. The normalized spacial score (nSPS) is 11.5. The lowest BCUT2D eigenvalue weighted by Gasteiger charge is -2.28. The van der Waals surface area contributed by atoms with Crippen LogP contribution in [0, 0.1) is 0 Å². The molecule has 13 aromatic rings. The second-order valence-corrected chi connectivity index (χ2v) is 17.7. The molecule has 0 bridgehead atoms. The molecule has 0 N–H and O–H groups in total. The first-order valence-corrected chi connectivity index (χ1v) is 23.6. The average molecular weight is 881 g/mol. The molecule has 0 amide bonds. The molecule has 0 atom stereocenters. The van der Waals surface area contributed by atoms with Crippen LogP contribution in [0.2, 0.25) is 0 Å². The average Bonchev–Trinajstić information content (AvgIpc) is 3.98. The second-order valence-electron chi connectivity index (χ2n) is 17.7. The number of anilines is 3. The van der Waals surface area contributed by atoms with E-state index in [-0.39, 0.29) is 0 Å². The highest BCUT2D eigenvalue weighted by atomic mass is 16.3. The molecule has 0 unspecified atom stereocenters. The third-order valence-electron chi connectivity index (χ3n) is 13.7. The topological polar surface area (TPSA) is 21.3 Å². The second kappa shape index (κ2) is 16.9. The summed E-state index contributed by atoms with van der Waals surface area (Å²) in [5, 5.41) is 4.76. The van der Waals surface area contributed by atoms with E-state index >= 15 is 0 Å². The number of fused-ring (bicyclic) bond motifs is 6. The third-order valence-corrected chi connectivity index (χ3v) is 13.7. The molecule has 0 saturated carbocycles. The third kappa shape index (κ3) is 7.16. The van der Waals surface area contributed by atoms with E-state index in [1.807, 2.05) is 6.07 Å². The minimum atomic E-state index is 0.879. The van der Waals surface area contributed by atoms with Crippen molar-refractivity contribution in [1.29, 1.82) is 0 Å². The van der Waals surface area contributed by atoms with Gasteiger partial charge in [-0.2, -0.15) is 0 Å². The number of para-hydroxylation sites is 4. The molecule has 2 heterocycles. The van der Waals surface area contributed by atoms with Crippen molar-refractivity contribution < 1.29 is 4.42 Å². The van der Waals surface area contributed by atoms with Gasteiger partial charge in [0.15, 0.2) is 0 Å². The van der Waals surface area contributed by atoms with Gasteiger partial charge < -0.3 is 13.9 Å². The Balaban J connectivity index is 0.857. The number of nitrogens with zero attached hydrogens (tertiary/aromatic N) is 2. The van der Waals surface area contributed by atoms with Gasteiger partial charge in [0.1, 0.15) is 11.2 Å². The number of rotatable bonds is 9. The van der Waals surface area contributed by atoms with Crippen LogP contribution in [0.25, 0.3) is 105 Å². The summed E-state index contributed by atoms with van der Waals surface area (Å²) in [6.07, 6.45) is 0. The van der Waals surface area contributed by atoms with Crippen molar-refractivity contribution in [2.75, 3.05) is 4.90 Å². The monoisotopic (exact) mass is 880 g/mol. The molecular formula is C66H44N2O. The van der Waals surface area contributed by atoms with Gasteiger partial charge in [0.05, 0.1) is 16.7 Å². The predicted molar refractivity (Wildman–Crippen MR) is 290 cm³/mol. The highest BCUT2D eigenvalue weighted by Gasteiger charge is 2.21. The summed E-state index contributed by atoms with van der Waals surface area (Å²) >= 11 is 0. The Morgan fingerprint density at radius 1 is 0.290 bits per heavy atom. The first kappa shape index (κ1) is 40.1. The van der Waals surface area contributed by atoms with Crippen LogP contribution >= 0.6 is 0 Å². The lowest BCUT2D eigenvalue weighted by Crippen LogP contribution is -2.11. The van der Waals surface area contributed by atoms with Gasteiger partial charge in [-0.05, 0) is 117 Å². The Hall–Kier alpha value is -9.18. The van der Waals surface area contributed by atoms with Crippen molar-refractivity contribution in [1.82, 2.24) is 4.57 Å². The maximum Gasteiger partial charge on any atom is 0.136 e. The zero-order valence-corrected chi connectivity index (χ0v) is 37.7. The van der Waals surface area contributed by atoms with Crippen molar-refractivity contribution in [2.24, 2.45) is 0 Å². The van der Waals surface area contributed by atoms with Crippen molar-refractivity contribution in [3.05, 3.63) is 267 Å². The zero-order valence-electron chi connectivity index (χ0n) is 37.7. The fraction of sp³-hybridized carbons (Fsp3) is 0. The number of furan rings is 1. The summed E-state index contributed by atoms with van der Waals surface area (Å²) in [5.41, 5.74) is 20.2. The SMILES string of the molecule is c1ccc(-c2ccc(-c3ccc(N(c4ccc(-c5ccc(-c6cccc(-n7c8ccccc8c8ccccc87)c6)cc5)cc4)c4ccccc4-c4cccc5oc6ccccc6c45)cc3)cc2)cc1. The molecule has 13 rings (SSSR count). The summed E-state index contributed by atoms with van der Waals surface area (Å²) in [6.45, 7) is 0. The van der Waals surface area contributed by atoms with Gasteiger partial charge >= 0.3 is 0 Å². The molecule has 0 fully saturated rings. The smallest absolute Gasteiger partial charge is 0.136 e. The van der Waals surface area contributed by atoms with Crippen molar-refractivity contribution in [3.8, 4) is 61.3 Å². The number of benzene rings is 11. The number of hydrogen-bond donors (Lipinski definition) is 0. The molecule has 324 valence electrons. The Kier molecular flexibility index (Phi) is 9.84. The van der Waals surface area contributed by atoms with E-state index in [9.17, 15) is 0 Å². The van der Waals surface area contributed by atoms with Crippen LogP contribution in [0.1, 0.15) is 0 Å². The Morgan fingerprint density at radius 3 is 1.32 bits per heavy atom. The first-order valence-electron chi connectivity index (χ1n) is 23.6. The molecule has 3 nitrogen and oxygen atoms in total. The minimum absolute atomic E-state index is 0.879. The summed E-state index contributed by atoms with van der Waals surface area (Å²) in [7, 11) is 0. The molecule has 69 heavy (non-hydrogen) atoms. The fourth-order valence-corrected chi connectivity index (χ4v) is 10.3. The molecule has 2 aromatic heterocycles. The molecule has 3 heteroatoms. The van der Waals surface area contributed by atoms with Gasteiger partial charge in [-0.1, -0.05) is 200 Å². The van der Waals surface area contributed by atoms with Gasteiger partial charge in [0.2, 0.25) is 0 Å². The Morgan fingerprint density at radius 2 is 0.710 bits per heavy atom. The van der Waals surface area contributed by atoms with Gasteiger partial charge in [-0.25, -0.2) is 0 Å². The van der Waals surface area contributed by atoms with E-state index in [0.29, 0.717) is 0 Å². The highest BCUT2D eigenvalue weighted by molar-refractivity contribution is 6.14. The molecule has 0 aliphatic rings. The molecule has 0 radical (unpaired) electrons. The molecule has 0 spiro atoms. The van der Waals surface area contributed by atoms with Crippen LogP contribution in [-0.4, -0.2) is 4.57 Å². The van der Waals surface area contributed by atoms with Crippen LogP contribution in [0.15, 0.2) is 271 Å². The van der Waals surface area contributed by atoms with Gasteiger partial charge in [-0.15, -0.1) is 0 Å². The van der Waals surface area contributed by atoms with E-state index in [0.717, 1.165) is 66.9 Å². The predicted octanol–water partition coefficient (Wildman–Crippen LogP) is 18.5. The highest BCUT2D eigenvalue weighted by Crippen LogP contribution is 2.45. The molecule has 0 saturated heterocycles. The maximum absolute atomic E-state index is 6.39. The molecular weight excluding hydrogens is 837 g/mol. The summed E-state index contributed by atoms with van der Waals surface area (Å²) in [6, 6.07) is 96.0. The minimum Gasteiger partial charge on any atom is -0.456 e. The zero-order chi connectivity index (χ0) is 45.7. The number of aromatic nitrogens is 1.